The minimum Gasteiger partial charge on any atom is -0.455 e. The maximum absolute atomic E-state index is 5.90. The Hall–Kier alpha value is -2.17. The Labute approximate surface area is 111 Å². The summed E-state index contributed by atoms with van der Waals surface area (Å²) in [6.45, 7) is 2.13. The zero-order valence-electron chi connectivity index (χ0n) is 10.9. The summed E-state index contributed by atoms with van der Waals surface area (Å²) in [5.74, 6) is 0. The summed E-state index contributed by atoms with van der Waals surface area (Å²) in [6, 6.07) is 10.2. The molecule has 1 unspecified atom stereocenters. The standard InChI is InChI=1S/C14H16N4O/c1-11-6-5-9-13(10-11)19-14-15-16-17-18(14)12-7-3-2-4-8-12/h2-4,7-8,10,13H,5-6,9H2,1H3. The molecular weight excluding hydrogens is 240 g/mol. The first kappa shape index (κ1) is 11.9. The van der Waals surface area contributed by atoms with Crippen LogP contribution >= 0.6 is 0 Å². The molecule has 0 spiro atoms. The first-order valence-corrected chi connectivity index (χ1v) is 6.51. The predicted molar refractivity (Wildman–Crippen MR) is 71.2 cm³/mol. The van der Waals surface area contributed by atoms with Crippen LogP contribution in [0.4, 0.5) is 0 Å². The van der Waals surface area contributed by atoms with Gasteiger partial charge in [0.1, 0.15) is 6.10 Å². The fourth-order valence-corrected chi connectivity index (χ4v) is 2.28. The highest BCUT2D eigenvalue weighted by Crippen LogP contribution is 2.22. The Morgan fingerprint density at radius 1 is 1.26 bits per heavy atom. The van der Waals surface area contributed by atoms with Gasteiger partial charge >= 0.3 is 6.01 Å². The van der Waals surface area contributed by atoms with Crippen LogP contribution in [0.25, 0.3) is 5.69 Å². The molecule has 1 heterocycles. The molecule has 3 rings (SSSR count). The SMILES string of the molecule is CC1=CC(Oc2nnnn2-c2ccccc2)CCC1. The van der Waals surface area contributed by atoms with E-state index in [2.05, 4.69) is 28.5 Å². The molecule has 1 aromatic heterocycles. The summed E-state index contributed by atoms with van der Waals surface area (Å²) in [5, 5.41) is 11.6. The van der Waals surface area contributed by atoms with E-state index in [0.717, 1.165) is 24.9 Å². The number of aromatic nitrogens is 4. The Balaban J connectivity index is 1.83. The van der Waals surface area contributed by atoms with E-state index < -0.39 is 0 Å². The summed E-state index contributed by atoms with van der Waals surface area (Å²) < 4.78 is 7.52. The number of rotatable bonds is 3. The van der Waals surface area contributed by atoms with Gasteiger partial charge in [0.15, 0.2) is 0 Å². The van der Waals surface area contributed by atoms with Gasteiger partial charge in [0.2, 0.25) is 0 Å². The van der Waals surface area contributed by atoms with Gasteiger partial charge in [-0.15, -0.1) is 0 Å². The van der Waals surface area contributed by atoms with E-state index in [1.807, 2.05) is 30.3 Å². The number of hydrogen-bond acceptors (Lipinski definition) is 4. The van der Waals surface area contributed by atoms with Crippen LogP contribution in [0.3, 0.4) is 0 Å². The fraction of sp³-hybridized carbons (Fsp3) is 0.357. The number of ether oxygens (including phenoxy) is 1. The lowest BCUT2D eigenvalue weighted by molar-refractivity contribution is 0.204. The third-order valence-electron chi connectivity index (χ3n) is 3.23. The summed E-state index contributed by atoms with van der Waals surface area (Å²) in [7, 11) is 0. The van der Waals surface area contributed by atoms with Gasteiger partial charge in [-0.05, 0) is 54.8 Å². The van der Waals surface area contributed by atoms with Crippen LogP contribution in [0.1, 0.15) is 26.2 Å². The van der Waals surface area contributed by atoms with Gasteiger partial charge in [-0.1, -0.05) is 28.9 Å². The molecule has 98 valence electrons. The number of nitrogens with zero attached hydrogens (tertiary/aromatic N) is 4. The van der Waals surface area contributed by atoms with Crippen LogP contribution in [0, 0.1) is 0 Å². The Kier molecular flexibility index (Phi) is 3.27. The van der Waals surface area contributed by atoms with Crippen molar-refractivity contribution in [1.82, 2.24) is 20.2 Å². The minimum absolute atomic E-state index is 0.0715. The second kappa shape index (κ2) is 5.22. The molecule has 1 aromatic carbocycles. The summed E-state index contributed by atoms with van der Waals surface area (Å²) in [6.07, 6.45) is 5.55. The number of benzene rings is 1. The largest absolute Gasteiger partial charge is 0.455 e. The third-order valence-corrected chi connectivity index (χ3v) is 3.23. The van der Waals surface area contributed by atoms with Crippen molar-refractivity contribution in [2.45, 2.75) is 32.3 Å². The van der Waals surface area contributed by atoms with Crippen molar-refractivity contribution < 1.29 is 4.74 Å². The second-order valence-corrected chi connectivity index (χ2v) is 4.77. The average Bonchev–Trinajstić information content (AvgIpc) is 2.88. The summed E-state index contributed by atoms with van der Waals surface area (Å²) in [5.41, 5.74) is 2.27. The molecule has 5 nitrogen and oxygen atoms in total. The van der Waals surface area contributed by atoms with E-state index in [0.29, 0.717) is 6.01 Å². The van der Waals surface area contributed by atoms with Crippen LogP contribution in [-0.4, -0.2) is 26.3 Å². The number of para-hydroxylation sites is 1. The molecule has 1 aliphatic carbocycles. The van der Waals surface area contributed by atoms with Crippen LogP contribution < -0.4 is 4.74 Å². The molecule has 2 aromatic rings. The van der Waals surface area contributed by atoms with Crippen molar-refractivity contribution in [3.63, 3.8) is 0 Å². The smallest absolute Gasteiger partial charge is 0.340 e. The minimum atomic E-state index is 0.0715. The van der Waals surface area contributed by atoms with Crippen molar-refractivity contribution in [2.24, 2.45) is 0 Å². The van der Waals surface area contributed by atoms with E-state index >= 15 is 0 Å². The highest BCUT2D eigenvalue weighted by atomic mass is 16.5. The van der Waals surface area contributed by atoms with Gasteiger partial charge in [0.05, 0.1) is 5.69 Å². The van der Waals surface area contributed by atoms with Crippen molar-refractivity contribution in [1.29, 1.82) is 0 Å². The Bertz CT molecular complexity index is 576. The van der Waals surface area contributed by atoms with Crippen LogP contribution in [0.15, 0.2) is 42.0 Å². The molecule has 0 N–H and O–H groups in total. The van der Waals surface area contributed by atoms with E-state index in [1.165, 1.54) is 5.57 Å². The quantitative estimate of drug-likeness (QED) is 0.792. The van der Waals surface area contributed by atoms with E-state index in [9.17, 15) is 0 Å². The lowest BCUT2D eigenvalue weighted by atomic mass is 9.99. The van der Waals surface area contributed by atoms with Crippen molar-refractivity contribution >= 4 is 0 Å². The molecule has 1 atom stereocenters. The predicted octanol–water partition coefficient (Wildman–Crippen LogP) is 2.54. The molecule has 19 heavy (non-hydrogen) atoms. The highest BCUT2D eigenvalue weighted by molar-refractivity contribution is 5.31. The number of tetrazole rings is 1. The second-order valence-electron chi connectivity index (χ2n) is 4.77. The molecule has 0 amide bonds. The van der Waals surface area contributed by atoms with Gasteiger partial charge < -0.3 is 4.74 Å². The van der Waals surface area contributed by atoms with E-state index in [4.69, 9.17) is 4.74 Å². The van der Waals surface area contributed by atoms with Gasteiger partial charge in [-0.25, -0.2) is 0 Å². The molecule has 1 aliphatic rings. The van der Waals surface area contributed by atoms with E-state index in [1.54, 1.807) is 4.68 Å². The fourth-order valence-electron chi connectivity index (χ4n) is 2.28. The monoisotopic (exact) mass is 256 g/mol. The Morgan fingerprint density at radius 3 is 2.89 bits per heavy atom. The van der Waals surface area contributed by atoms with Gasteiger partial charge in [0.25, 0.3) is 0 Å². The first-order chi connectivity index (χ1) is 9.33. The molecule has 0 saturated carbocycles. The summed E-state index contributed by atoms with van der Waals surface area (Å²) in [4.78, 5) is 0. The maximum atomic E-state index is 5.90. The first-order valence-electron chi connectivity index (χ1n) is 6.51. The molecule has 0 fully saturated rings. The lowest BCUT2D eigenvalue weighted by Crippen LogP contribution is -2.19. The molecule has 0 radical (unpaired) electrons. The molecule has 5 heteroatoms. The van der Waals surface area contributed by atoms with Crippen LogP contribution in [0.5, 0.6) is 6.01 Å². The lowest BCUT2D eigenvalue weighted by Gasteiger charge is -2.19. The van der Waals surface area contributed by atoms with Crippen molar-refractivity contribution in [3.05, 3.63) is 42.0 Å². The topological polar surface area (TPSA) is 52.8 Å². The normalized spacial score (nSPS) is 19.0. The van der Waals surface area contributed by atoms with Crippen LogP contribution in [-0.2, 0) is 0 Å². The highest BCUT2D eigenvalue weighted by Gasteiger charge is 2.17. The van der Waals surface area contributed by atoms with Gasteiger partial charge in [-0.3, -0.25) is 0 Å². The third kappa shape index (κ3) is 2.65. The van der Waals surface area contributed by atoms with E-state index in [-0.39, 0.29) is 6.10 Å². The zero-order chi connectivity index (χ0) is 13.1. The zero-order valence-corrected chi connectivity index (χ0v) is 10.9. The van der Waals surface area contributed by atoms with Crippen molar-refractivity contribution in [2.75, 3.05) is 0 Å². The average molecular weight is 256 g/mol. The maximum Gasteiger partial charge on any atom is 0.340 e. The molecule has 0 aliphatic heterocycles. The van der Waals surface area contributed by atoms with Gasteiger partial charge in [-0.2, -0.15) is 4.68 Å². The molecular formula is C14H16N4O. The Morgan fingerprint density at radius 2 is 2.11 bits per heavy atom. The summed E-state index contributed by atoms with van der Waals surface area (Å²) >= 11 is 0. The number of hydrogen-bond donors (Lipinski definition) is 0. The van der Waals surface area contributed by atoms with Crippen molar-refractivity contribution in [3.8, 4) is 11.7 Å². The molecule has 0 bridgehead atoms. The van der Waals surface area contributed by atoms with Crippen LogP contribution in [0.2, 0.25) is 0 Å². The van der Waals surface area contributed by atoms with Gasteiger partial charge in [0, 0.05) is 0 Å². The number of allylic oxidation sites excluding steroid dienone is 1. The molecule has 0 saturated heterocycles.